The molecular weight excluding hydrogens is 714 g/mol. The smallest absolute Gasteiger partial charge is 0.261 e. The molecule has 0 spiro atoms. The lowest BCUT2D eigenvalue weighted by Gasteiger charge is -2.44. The van der Waals surface area contributed by atoms with Crippen LogP contribution in [0.4, 0.5) is 5.95 Å². The predicted molar refractivity (Wildman–Crippen MR) is 210 cm³/mol. The molecule has 3 aromatic heterocycles. The van der Waals surface area contributed by atoms with E-state index in [2.05, 4.69) is 79.2 Å². The van der Waals surface area contributed by atoms with E-state index >= 15 is 0 Å². The third-order valence-corrected chi connectivity index (χ3v) is 18.2. The summed E-state index contributed by atoms with van der Waals surface area (Å²) in [4.78, 5) is 16.1. The van der Waals surface area contributed by atoms with Crippen molar-refractivity contribution < 1.29 is 12.8 Å². The molecule has 3 aromatic carbocycles. The number of rotatable bonds is 10. The van der Waals surface area contributed by atoms with Crippen molar-refractivity contribution in [2.24, 2.45) is 0 Å². The molecule has 1 fully saturated rings. The van der Waals surface area contributed by atoms with Crippen LogP contribution in [-0.2, 0) is 14.4 Å². The number of piperazine rings is 1. The van der Waals surface area contributed by atoms with Gasteiger partial charge in [0.25, 0.3) is 18.3 Å². The second kappa shape index (κ2) is 14.6. The predicted octanol–water partition coefficient (Wildman–Crippen LogP) is 7.25. The fraction of sp³-hybridized carbons (Fsp3) is 0.256. The molecule has 262 valence electrons. The van der Waals surface area contributed by atoms with Gasteiger partial charge in [0.2, 0.25) is 5.95 Å². The number of hydrogen-bond donors (Lipinski definition) is 0. The molecular formula is C39H40ClN5O3S2Si. The Kier molecular flexibility index (Phi) is 10.1. The molecule has 51 heavy (non-hydrogen) atoms. The molecule has 1 atom stereocenters. The largest absolute Gasteiger partial charge is 0.407 e. The molecule has 0 bridgehead atoms. The van der Waals surface area contributed by atoms with Crippen LogP contribution in [0.3, 0.4) is 0 Å². The molecule has 7 rings (SSSR count). The molecule has 0 amide bonds. The van der Waals surface area contributed by atoms with Crippen molar-refractivity contribution in [3.8, 4) is 11.3 Å². The monoisotopic (exact) mass is 753 g/mol. The van der Waals surface area contributed by atoms with Gasteiger partial charge in [-0.15, -0.1) is 11.3 Å². The molecule has 4 heterocycles. The van der Waals surface area contributed by atoms with Crippen LogP contribution in [0.1, 0.15) is 27.2 Å². The Morgan fingerprint density at radius 2 is 1.53 bits per heavy atom. The van der Waals surface area contributed by atoms with Crippen LogP contribution in [0, 0.1) is 0 Å². The zero-order valence-electron chi connectivity index (χ0n) is 28.8. The van der Waals surface area contributed by atoms with E-state index in [0.717, 1.165) is 21.3 Å². The second-order valence-corrected chi connectivity index (χ2v) is 21.7. The number of thiophene rings is 1. The van der Waals surface area contributed by atoms with Crippen LogP contribution in [0.25, 0.3) is 21.3 Å². The Hall–Kier alpha value is -3.97. The lowest BCUT2D eigenvalue weighted by Crippen LogP contribution is -2.67. The first-order chi connectivity index (χ1) is 24.6. The summed E-state index contributed by atoms with van der Waals surface area (Å²) in [5, 5.41) is 3.65. The van der Waals surface area contributed by atoms with Crippen LogP contribution in [-0.4, -0.2) is 68.3 Å². The summed E-state index contributed by atoms with van der Waals surface area (Å²) < 4.78 is 38.4. The van der Waals surface area contributed by atoms with Gasteiger partial charge >= 0.3 is 0 Å². The van der Waals surface area contributed by atoms with Crippen molar-refractivity contribution in [1.29, 1.82) is 0 Å². The molecule has 0 aliphatic carbocycles. The number of anilines is 1. The lowest BCUT2D eigenvalue weighted by atomic mass is 10.1. The summed E-state index contributed by atoms with van der Waals surface area (Å²) in [5.74, 6) is 0.554. The minimum Gasteiger partial charge on any atom is -0.407 e. The van der Waals surface area contributed by atoms with Crippen molar-refractivity contribution in [2.45, 2.75) is 42.5 Å². The number of pyridine rings is 1. The Bertz CT molecular complexity index is 2160. The molecule has 0 saturated carbocycles. The Morgan fingerprint density at radius 1 is 0.863 bits per heavy atom. The molecule has 1 unspecified atom stereocenters. The first-order valence-electron chi connectivity index (χ1n) is 17.0. The maximum absolute atomic E-state index is 14.2. The summed E-state index contributed by atoms with van der Waals surface area (Å²) in [6, 6.07) is 33.8. The fourth-order valence-corrected chi connectivity index (χ4v) is 14.9. The summed E-state index contributed by atoms with van der Waals surface area (Å²) in [7, 11) is -6.59. The maximum atomic E-state index is 14.2. The van der Waals surface area contributed by atoms with E-state index in [1.807, 2.05) is 42.5 Å². The first-order valence-corrected chi connectivity index (χ1v) is 21.5. The molecule has 1 aliphatic heterocycles. The number of halogens is 1. The van der Waals surface area contributed by atoms with Crippen molar-refractivity contribution >= 4 is 67.7 Å². The quantitative estimate of drug-likeness (QED) is 0.136. The molecule has 12 heteroatoms. The van der Waals surface area contributed by atoms with Gasteiger partial charge in [-0.25, -0.2) is 18.4 Å². The van der Waals surface area contributed by atoms with Crippen LogP contribution in [0.15, 0.2) is 126 Å². The van der Waals surface area contributed by atoms with Crippen LogP contribution < -0.4 is 15.3 Å². The van der Waals surface area contributed by atoms with Crippen LogP contribution in [0.2, 0.25) is 10.1 Å². The van der Waals surface area contributed by atoms with Gasteiger partial charge in [0, 0.05) is 66.2 Å². The lowest BCUT2D eigenvalue weighted by molar-refractivity contribution is 0.249. The summed E-state index contributed by atoms with van der Waals surface area (Å²) in [5.41, 5.74) is 1.61. The molecule has 0 N–H and O–H groups in total. The third kappa shape index (κ3) is 7.11. The summed E-state index contributed by atoms with van der Waals surface area (Å²) >= 11 is 7.48. The average Bonchev–Trinajstić information content (AvgIpc) is 3.58. The van der Waals surface area contributed by atoms with E-state index in [1.165, 1.54) is 21.7 Å². The minimum absolute atomic E-state index is 0.189. The Balaban J connectivity index is 1.21. The zero-order valence-corrected chi connectivity index (χ0v) is 32.2. The number of nitrogens with zero attached hydrogens (tertiary/aromatic N) is 5. The Morgan fingerprint density at radius 3 is 2.16 bits per heavy atom. The third-order valence-electron chi connectivity index (χ3n) is 9.54. The van der Waals surface area contributed by atoms with Gasteiger partial charge in [0.05, 0.1) is 5.69 Å². The van der Waals surface area contributed by atoms with Crippen molar-refractivity contribution in [3.63, 3.8) is 0 Å². The fourth-order valence-electron chi connectivity index (χ4n) is 7.04. The van der Waals surface area contributed by atoms with Gasteiger partial charge in [-0.1, -0.05) is 105 Å². The van der Waals surface area contributed by atoms with Gasteiger partial charge in [-0.3, -0.25) is 4.98 Å². The molecule has 1 saturated heterocycles. The topological polar surface area (TPSA) is 88.5 Å². The van der Waals surface area contributed by atoms with Gasteiger partial charge < -0.3 is 9.33 Å². The van der Waals surface area contributed by atoms with E-state index in [-0.39, 0.29) is 17.6 Å². The number of aromatic nitrogens is 3. The van der Waals surface area contributed by atoms with Crippen LogP contribution in [0.5, 0.6) is 0 Å². The average molecular weight is 754 g/mol. The Labute approximate surface area is 309 Å². The standard InChI is InChI=1S/C39H40ClN5O3S2Si/c1-39(2,3)51(33-12-6-4-7-13-33,34-14-8-5-9-15-34)48-23-19-32-28-44(50(46,47)37-24-29-17-18-31(40)25-36(29)49-37)21-22-45(32)38-42-26-30(27-43-38)35-16-10-11-20-41-35/h4-18,20,24-27,32H,19,21-23,28H2,1-3H3. The van der Waals surface area contributed by atoms with Crippen LogP contribution >= 0.6 is 22.9 Å². The van der Waals surface area contributed by atoms with Crippen molar-refractivity contribution in [1.82, 2.24) is 19.3 Å². The summed E-state index contributed by atoms with van der Waals surface area (Å²) in [6.45, 7) is 8.21. The van der Waals surface area contributed by atoms with Gasteiger partial charge in [-0.05, 0) is 57.6 Å². The number of sulfonamides is 1. The number of hydrogen-bond acceptors (Lipinski definition) is 8. The SMILES string of the molecule is CC(C)(C)[Si](OCCC1CN(S(=O)(=O)c2cc3ccc(Cl)cc3s2)CCN1c1ncc(-c2ccccn2)cn1)(c1ccccc1)c1ccccc1. The van der Waals surface area contributed by atoms with Gasteiger partial charge in [0.15, 0.2) is 0 Å². The highest BCUT2D eigenvalue weighted by atomic mass is 35.5. The van der Waals surface area contributed by atoms with E-state index < -0.39 is 18.3 Å². The zero-order chi connectivity index (χ0) is 35.6. The van der Waals surface area contributed by atoms with E-state index in [0.29, 0.717) is 41.3 Å². The van der Waals surface area contributed by atoms with E-state index in [1.54, 1.807) is 35.0 Å². The normalized spacial score (nSPS) is 16.1. The highest BCUT2D eigenvalue weighted by molar-refractivity contribution is 7.91. The van der Waals surface area contributed by atoms with E-state index in [9.17, 15) is 8.42 Å². The number of fused-ring (bicyclic) bond motifs is 1. The van der Waals surface area contributed by atoms with Gasteiger partial charge in [0.1, 0.15) is 4.21 Å². The molecule has 1 aliphatic rings. The first kappa shape index (κ1) is 35.4. The summed E-state index contributed by atoms with van der Waals surface area (Å²) in [6.07, 6.45) is 5.89. The number of benzene rings is 3. The van der Waals surface area contributed by atoms with Gasteiger partial charge in [-0.2, -0.15) is 4.31 Å². The highest BCUT2D eigenvalue weighted by Crippen LogP contribution is 2.38. The minimum atomic E-state index is -3.78. The van der Waals surface area contributed by atoms with E-state index in [4.69, 9.17) is 26.0 Å². The molecule has 6 aromatic rings. The second-order valence-electron chi connectivity index (χ2n) is 13.7. The molecule has 0 radical (unpaired) electrons. The molecule has 8 nitrogen and oxygen atoms in total. The highest BCUT2D eigenvalue weighted by Gasteiger charge is 2.50. The van der Waals surface area contributed by atoms with Crippen molar-refractivity contribution in [2.75, 3.05) is 31.1 Å². The van der Waals surface area contributed by atoms with Crippen molar-refractivity contribution in [3.05, 3.63) is 127 Å². The maximum Gasteiger partial charge on any atom is 0.261 e.